The van der Waals surface area contributed by atoms with E-state index in [1.54, 1.807) is 26.1 Å². The predicted molar refractivity (Wildman–Crippen MR) is 97.2 cm³/mol. The number of carbonyl (C=O) groups is 2. The Morgan fingerprint density at radius 1 is 1.42 bits per heavy atom. The topological polar surface area (TPSA) is 91.2 Å². The Morgan fingerprint density at radius 3 is 2.85 bits per heavy atom. The van der Waals surface area contributed by atoms with E-state index in [1.165, 1.54) is 0 Å². The highest BCUT2D eigenvalue weighted by Gasteiger charge is 2.25. The van der Waals surface area contributed by atoms with Gasteiger partial charge >= 0.3 is 5.97 Å². The zero-order chi connectivity index (χ0) is 18.7. The molecule has 2 N–H and O–H groups in total. The first-order valence-corrected chi connectivity index (χ1v) is 8.92. The van der Waals surface area contributed by atoms with Gasteiger partial charge in [-0.15, -0.1) is 0 Å². The van der Waals surface area contributed by atoms with E-state index in [0.29, 0.717) is 17.8 Å². The third-order valence-electron chi connectivity index (χ3n) is 5.11. The van der Waals surface area contributed by atoms with Crippen molar-refractivity contribution in [3.63, 3.8) is 0 Å². The maximum absolute atomic E-state index is 11.9. The van der Waals surface area contributed by atoms with Crippen LogP contribution in [0.1, 0.15) is 47.4 Å². The summed E-state index contributed by atoms with van der Waals surface area (Å²) >= 11 is 0. The standard InChI is InChI=1S/C19H25N3O4/c1-12(20-2)18(24)21-15-5-7-22(8-6-15)10-17(23)13-3-4-16-14(9-13)11-26-19(16)25/h3-4,9,15,17,23H,5-8,10-11H2,1-2H3,(H,21,24). The van der Waals surface area contributed by atoms with E-state index >= 15 is 0 Å². The first kappa shape index (κ1) is 18.5. The molecule has 1 aromatic carbocycles. The fourth-order valence-electron chi connectivity index (χ4n) is 3.36. The van der Waals surface area contributed by atoms with Crippen LogP contribution in [-0.2, 0) is 16.1 Å². The summed E-state index contributed by atoms with van der Waals surface area (Å²) in [5, 5.41) is 13.5. The number of likely N-dealkylation sites (tertiary alicyclic amines) is 1. The molecule has 7 heteroatoms. The quantitative estimate of drug-likeness (QED) is 0.606. The van der Waals surface area contributed by atoms with Crippen LogP contribution in [0.25, 0.3) is 0 Å². The second kappa shape index (κ2) is 7.97. The number of piperidine rings is 1. The third-order valence-corrected chi connectivity index (χ3v) is 5.11. The van der Waals surface area contributed by atoms with Crippen LogP contribution in [0.15, 0.2) is 23.2 Å². The zero-order valence-electron chi connectivity index (χ0n) is 15.2. The molecule has 1 atom stereocenters. The first-order chi connectivity index (χ1) is 12.5. The number of aliphatic imine (C=N–C) groups is 1. The minimum absolute atomic E-state index is 0.110. The Bertz CT molecular complexity index is 723. The third kappa shape index (κ3) is 4.11. The van der Waals surface area contributed by atoms with E-state index in [2.05, 4.69) is 15.2 Å². The van der Waals surface area contributed by atoms with Gasteiger partial charge < -0.3 is 20.1 Å². The summed E-state index contributed by atoms with van der Waals surface area (Å²) in [6.45, 7) is 4.15. The summed E-state index contributed by atoms with van der Waals surface area (Å²) in [7, 11) is 1.61. The fraction of sp³-hybridized carbons (Fsp3) is 0.526. The maximum atomic E-state index is 11.9. The van der Waals surface area contributed by atoms with Gasteiger partial charge in [-0.05, 0) is 37.5 Å². The number of esters is 1. The number of benzene rings is 1. The molecule has 7 nitrogen and oxygen atoms in total. The fourth-order valence-corrected chi connectivity index (χ4v) is 3.36. The average molecular weight is 359 g/mol. The van der Waals surface area contributed by atoms with Gasteiger partial charge in [0.2, 0.25) is 0 Å². The molecule has 1 amide bonds. The smallest absolute Gasteiger partial charge is 0.338 e. The summed E-state index contributed by atoms with van der Waals surface area (Å²) < 4.78 is 5.00. The number of amides is 1. The van der Waals surface area contributed by atoms with Crippen molar-refractivity contribution in [2.75, 3.05) is 26.7 Å². The normalized spacial score (nSPS) is 19.8. The number of β-amino-alcohol motifs (C(OH)–C–C–N with tert-alkyl or cyclic N) is 1. The molecule has 1 unspecified atom stereocenters. The average Bonchev–Trinajstić information content (AvgIpc) is 3.03. The summed E-state index contributed by atoms with van der Waals surface area (Å²) in [6.07, 6.45) is 1.08. The SMILES string of the molecule is CN=C(C)C(=O)NC1CCN(CC(O)c2ccc3c(c2)COC3=O)CC1. The van der Waals surface area contributed by atoms with Gasteiger partial charge in [0.1, 0.15) is 6.61 Å². The van der Waals surface area contributed by atoms with Crippen LogP contribution in [-0.4, -0.2) is 60.3 Å². The number of hydrogen-bond donors (Lipinski definition) is 2. The Kier molecular flexibility index (Phi) is 5.68. The van der Waals surface area contributed by atoms with E-state index in [-0.39, 0.29) is 24.5 Å². The number of aliphatic hydroxyl groups excluding tert-OH is 1. The van der Waals surface area contributed by atoms with Gasteiger partial charge in [-0.2, -0.15) is 0 Å². The molecule has 0 saturated carbocycles. The van der Waals surface area contributed by atoms with E-state index < -0.39 is 6.10 Å². The van der Waals surface area contributed by atoms with Gasteiger partial charge in [-0.25, -0.2) is 4.79 Å². The number of ether oxygens (including phenoxy) is 1. The highest BCUT2D eigenvalue weighted by atomic mass is 16.5. The van der Waals surface area contributed by atoms with Crippen LogP contribution in [0.2, 0.25) is 0 Å². The van der Waals surface area contributed by atoms with E-state index in [0.717, 1.165) is 37.1 Å². The molecule has 0 bridgehead atoms. The van der Waals surface area contributed by atoms with Crippen molar-refractivity contribution in [2.45, 2.75) is 38.5 Å². The molecule has 1 fully saturated rings. The number of carbonyl (C=O) groups excluding carboxylic acids is 2. The van der Waals surface area contributed by atoms with Crippen LogP contribution in [0.5, 0.6) is 0 Å². The van der Waals surface area contributed by atoms with Crippen LogP contribution in [0.3, 0.4) is 0 Å². The molecule has 140 valence electrons. The van der Waals surface area contributed by atoms with Crippen molar-refractivity contribution in [3.05, 3.63) is 34.9 Å². The van der Waals surface area contributed by atoms with Crippen molar-refractivity contribution in [1.82, 2.24) is 10.2 Å². The lowest BCUT2D eigenvalue weighted by Gasteiger charge is -2.33. The zero-order valence-corrected chi connectivity index (χ0v) is 15.2. The minimum atomic E-state index is -0.614. The van der Waals surface area contributed by atoms with Gasteiger partial charge in [0.15, 0.2) is 0 Å². The second-order valence-corrected chi connectivity index (χ2v) is 6.87. The second-order valence-electron chi connectivity index (χ2n) is 6.87. The van der Waals surface area contributed by atoms with Gasteiger partial charge in [-0.3, -0.25) is 9.79 Å². The van der Waals surface area contributed by atoms with Gasteiger partial charge in [0.25, 0.3) is 5.91 Å². The summed E-state index contributed by atoms with van der Waals surface area (Å²) in [4.78, 5) is 29.5. The molecular weight excluding hydrogens is 334 g/mol. The van der Waals surface area contributed by atoms with Crippen molar-refractivity contribution in [3.8, 4) is 0 Å². The summed E-state index contributed by atoms with van der Waals surface area (Å²) in [5.74, 6) is -0.408. The Balaban J connectivity index is 1.50. The molecular formula is C19H25N3O4. The first-order valence-electron chi connectivity index (χ1n) is 8.92. The Hall–Kier alpha value is -2.25. The van der Waals surface area contributed by atoms with Crippen molar-refractivity contribution >= 4 is 17.6 Å². The largest absolute Gasteiger partial charge is 0.457 e. The highest BCUT2D eigenvalue weighted by Crippen LogP contribution is 2.25. The maximum Gasteiger partial charge on any atom is 0.338 e. The summed E-state index contributed by atoms with van der Waals surface area (Å²) in [5.41, 5.74) is 2.71. The molecule has 1 aromatic rings. The number of nitrogens with zero attached hydrogens (tertiary/aromatic N) is 2. The number of hydrogen-bond acceptors (Lipinski definition) is 6. The van der Waals surface area contributed by atoms with Crippen LogP contribution in [0.4, 0.5) is 0 Å². The van der Waals surface area contributed by atoms with Gasteiger partial charge in [0, 0.05) is 38.3 Å². The number of aliphatic hydroxyl groups is 1. The molecule has 26 heavy (non-hydrogen) atoms. The molecule has 0 spiro atoms. The molecule has 3 rings (SSSR count). The lowest BCUT2D eigenvalue weighted by atomic mass is 10.0. The van der Waals surface area contributed by atoms with E-state index in [4.69, 9.17) is 4.74 Å². The van der Waals surface area contributed by atoms with Crippen molar-refractivity contribution in [1.29, 1.82) is 0 Å². The number of rotatable bonds is 5. The Labute approximate surface area is 153 Å². The van der Waals surface area contributed by atoms with Crippen LogP contribution >= 0.6 is 0 Å². The van der Waals surface area contributed by atoms with E-state index in [9.17, 15) is 14.7 Å². The predicted octanol–water partition coefficient (Wildman–Crippen LogP) is 1.06. The van der Waals surface area contributed by atoms with Gasteiger partial charge in [-0.1, -0.05) is 6.07 Å². The summed E-state index contributed by atoms with van der Waals surface area (Å²) in [6, 6.07) is 5.51. The number of cyclic esters (lactones) is 1. The molecule has 2 heterocycles. The molecule has 0 radical (unpaired) electrons. The molecule has 2 aliphatic heterocycles. The minimum Gasteiger partial charge on any atom is -0.457 e. The van der Waals surface area contributed by atoms with Crippen LogP contribution < -0.4 is 5.32 Å². The van der Waals surface area contributed by atoms with Crippen LogP contribution in [0, 0.1) is 0 Å². The monoisotopic (exact) mass is 359 g/mol. The van der Waals surface area contributed by atoms with Gasteiger partial charge in [0.05, 0.1) is 17.4 Å². The molecule has 0 aromatic heterocycles. The van der Waals surface area contributed by atoms with E-state index in [1.807, 2.05) is 6.07 Å². The molecule has 2 aliphatic rings. The number of fused-ring (bicyclic) bond motifs is 1. The lowest BCUT2D eigenvalue weighted by Crippen LogP contribution is -2.47. The van der Waals surface area contributed by atoms with Crippen molar-refractivity contribution < 1.29 is 19.4 Å². The lowest BCUT2D eigenvalue weighted by molar-refractivity contribution is -0.115. The molecule has 1 saturated heterocycles. The van der Waals surface area contributed by atoms with Crippen molar-refractivity contribution in [2.24, 2.45) is 4.99 Å². The Morgan fingerprint density at radius 2 is 2.15 bits per heavy atom. The molecule has 0 aliphatic carbocycles. The highest BCUT2D eigenvalue weighted by molar-refractivity contribution is 6.37. The number of nitrogens with one attached hydrogen (secondary N) is 1.